The summed E-state index contributed by atoms with van der Waals surface area (Å²) in [6.45, 7) is 2.02. The van der Waals surface area contributed by atoms with Crippen LogP contribution in [0, 0.1) is 6.92 Å². The van der Waals surface area contributed by atoms with E-state index >= 15 is 0 Å². The summed E-state index contributed by atoms with van der Waals surface area (Å²) in [6, 6.07) is 7.60. The minimum absolute atomic E-state index is 0.697. The molecule has 2 heterocycles. The molecule has 6 heteroatoms. The van der Waals surface area contributed by atoms with E-state index in [0.717, 1.165) is 22.0 Å². The Morgan fingerprint density at radius 3 is 2.95 bits per heavy atom. The fraction of sp³-hybridized carbons (Fsp3) is 0.133. The van der Waals surface area contributed by atoms with E-state index in [1.807, 2.05) is 44.4 Å². The third kappa shape index (κ3) is 3.03. The van der Waals surface area contributed by atoms with Crippen molar-refractivity contribution < 1.29 is 0 Å². The summed E-state index contributed by atoms with van der Waals surface area (Å²) in [7, 11) is 1.87. The molecule has 0 bridgehead atoms. The zero-order chi connectivity index (χ0) is 14.8. The van der Waals surface area contributed by atoms with E-state index in [1.54, 1.807) is 17.1 Å². The lowest BCUT2D eigenvalue weighted by Crippen LogP contribution is -1.95. The number of aryl methyl sites for hydroxylation is 2. The van der Waals surface area contributed by atoms with Crippen molar-refractivity contribution in [1.29, 1.82) is 0 Å². The van der Waals surface area contributed by atoms with Crippen LogP contribution in [0.1, 0.15) is 11.1 Å². The summed E-state index contributed by atoms with van der Waals surface area (Å²) in [4.78, 5) is 4.51. The van der Waals surface area contributed by atoms with E-state index in [4.69, 9.17) is 11.6 Å². The van der Waals surface area contributed by atoms with Gasteiger partial charge in [0.05, 0.1) is 17.9 Å². The molecule has 0 atom stereocenters. The highest BCUT2D eigenvalue weighted by Gasteiger charge is 2.03. The largest absolute Gasteiger partial charge is 0.275 e. The number of fused-ring (bicyclic) bond motifs is 1. The van der Waals surface area contributed by atoms with Crippen molar-refractivity contribution in [1.82, 2.24) is 14.8 Å². The lowest BCUT2D eigenvalue weighted by molar-refractivity contribution is 0.767. The number of pyridine rings is 1. The quantitative estimate of drug-likeness (QED) is 0.596. The van der Waals surface area contributed by atoms with E-state index in [0.29, 0.717) is 10.8 Å². The van der Waals surface area contributed by atoms with Gasteiger partial charge in [-0.25, -0.2) is 4.98 Å². The molecule has 0 amide bonds. The second kappa shape index (κ2) is 5.54. The van der Waals surface area contributed by atoms with Gasteiger partial charge in [0.1, 0.15) is 5.82 Å². The van der Waals surface area contributed by atoms with Crippen molar-refractivity contribution in [3.63, 3.8) is 0 Å². The normalized spacial score (nSPS) is 11.4. The van der Waals surface area contributed by atoms with Crippen molar-refractivity contribution in [2.24, 2.45) is 12.1 Å². The Kier molecular flexibility index (Phi) is 3.58. The molecule has 1 aromatic carbocycles. The number of nitrogens with one attached hydrogen (secondary N) is 1. The lowest BCUT2D eigenvalue weighted by Gasteiger charge is -2.06. The summed E-state index contributed by atoms with van der Waals surface area (Å²) in [5.41, 5.74) is 5.85. The minimum atomic E-state index is 0.697. The van der Waals surface area contributed by atoms with Crippen molar-refractivity contribution in [2.45, 2.75) is 6.92 Å². The first-order valence-corrected chi connectivity index (χ1v) is 6.84. The van der Waals surface area contributed by atoms with Gasteiger partial charge in [0.2, 0.25) is 0 Å². The predicted octanol–water partition coefficient (Wildman–Crippen LogP) is 3.38. The Labute approximate surface area is 127 Å². The van der Waals surface area contributed by atoms with Crippen molar-refractivity contribution in [3.8, 4) is 0 Å². The number of anilines is 1. The highest BCUT2D eigenvalue weighted by molar-refractivity contribution is 6.31. The van der Waals surface area contributed by atoms with Crippen LogP contribution in [0.3, 0.4) is 0 Å². The average Bonchev–Trinajstić information content (AvgIpc) is 2.85. The average molecular weight is 300 g/mol. The predicted molar refractivity (Wildman–Crippen MR) is 85.9 cm³/mol. The zero-order valence-electron chi connectivity index (χ0n) is 11.7. The Morgan fingerprint density at radius 1 is 1.33 bits per heavy atom. The van der Waals surface area contributed by atoms with Gasteiger partial charge < -0.3 is 0 Å². The molecule has 0 spiro atoms. The molecule has 0 radical (unpaired) electrons. The maximum atomic E-state index is 6.01. The van der Waals surface area contributed by atoms with Crippen molar-refractivity contribution in [3.05, 3.63) is 52.8 Å². The smallest absolute Gasteiger partial charge is 0.147 e. The van der Waals surface area contributed by atoms with Crippen LogP contribution in [-0.4, -0.2) is 21.0 Å². The van der Waals surface area contributed by atoms with Crippen LogP contribution in [0.5, 0.6) is 0 Å². The van der Waals surface area contributed by atoms with Gasteiger partial charge in [-0.15, -0.1) is 0 Å². The molecule has 0 aliphatic heterocycles. The number of nitrogens with zero attached hydrogens (tertiary/aromatic N) is 4. The van der Waals surface area contributed by atoms with Crippen LogP contribution >= 0.6 is 11.6 Å². The highest BCUT2D eigenvalue weighted by atomic mass is 35.5. The Morgan fingerprint density at radius 2 is 2.19 bits per heavy atom. The molecule has 0 saturated carbocycles. The number of halogens is 1. The molecule has 3 rings (SSSR count). The molecule has 3 aromatic rings. The monoisotopic (exact) mass is 299 g/mol. The van der Waals surface area contributed by atoms with Gasteiger partial charge in [0.25, 0.3) is 0 Å². The van der Waals surface area contributed by atoms with Crippen LogP contribution in [-0.2, 0) is 7.05 Å². The third-order valence-corrected chi connectivity index (χ3v) is 3.33. The van der Waals surface area contributed by atoms with Gasteiger partial charge in [-0.05, 0) is 36.8 Å². The number of hydrogen-bond acceptors (Lipinski definition) is 4. The first kappa shape index (κ1) is 13.6. The Balaban J connectivity index is 1.84. The summed E-state index contributed by atoms with van der Waals surface area (Å²) in [5.74, 6) is 0.697. The zero-order valence-corrected chi connectivity index (χ0v) is 12.5. The molecule has 2 aromatic heterocycles. The van der Waals surface area contributed by atoms with Crippen molar-refractivity contribution >= 4 is 34.5 Å². The number of hydrazone groups is 1. The topological polar surface area (TPSA) is 55.1 Å². The summed E-state index contributed by atoms with van der Waals surface area (Å²) >= 11 is 6.01. The third-order valence-electron chi connectivity index (χ3n) is 3.10. The molecule has 0 saturated heterocycles. The van der Waals surface area contributed by atoms with Crippen molar-refractivity contribution in [2.75, 3.05) is 5.43 Å². The summed E-state index contributed by atoms with van der Waals surface area (Å²) < 4.78 is 1.73. The van der Waals surface area contributed by atoms with Gasteiger partial charge >= 0.3 is 0 Å². The maximum absolute atomic E-state index is 6.01. The van der Waals surface area contributed by atoms with Gasteiger partial charge in [0.15, 0.2) is 0 Å². The Hall–Kier alpha value is -2.40. The number of benzene rings is 1. The molecule has 0 fully saturated rings. The molecule has 1 N–H and O–H groups in total. The first-order valence-electron chi connectivity index (χ1n) is 6.46. The Bertz CT molecular complexity index is 822. The number of aromatic nitrogens is 3. The van der Waals surface area contributed by atoms with E-state index < -0.39 is 0 Å². The van der Waals surface area contributed by atoms with E-state index in [2.05, 4.69) is 20.6 Å². The summed E-state index contributed by atoms with van der Waals surface area (Å²) in [5, 5.41) is 10.0. The van der Waals surface area contributed by atoms with E-state index in [1.165, 1.54) is 0 Å². The highest BCUT2D eigenvalue weighted by Crippen LogP contribution is 2.23. The van der Waals surface area contributed by atoms with Gasteiger partial charge in [0, 0.05) is 29.2 Å². The second-order valence-corrected chi connectivity index (χ2v) is 5.24. The van der Waals surface area contributed by atoms with Crippen LogP contribution < -0.4 is 5.43 Å². The molecule has 21 heavy (non-hydrogen) atoms. The molecule has 106 valence electrons. The van der Waals surface area contributed by atoms with Crippen LogP contribution in [0.15, 0.2) is 41.8 Å². The van der Waals surface area contributed by atoms with E-state index in [9.17, 15) is 0 Å². The van der Waals surface area contributed by atoms with Crippen LogP contribution in [0.25, 0.3) is 10.9 Å². The van der Waals surface area contributed by atoms with Crippen LogP contribution in [0.4, 0.5) is 5.82 Å². The number of rotatable bonds is 3. The SMILES string of the molecule is Cc1cc(N/N=C/c2cnn(C)c2)nc2ccc(Cl)cc12. The molecular formula is C15H14ClN5. The first-order chi connectivity index (χ1) is 10.1. The second-order valence-electron chi connectivity index (χ2n) is 4.80. The summed E-state index contributed by atoms with van der Waals surface area (Å²) in [6.07, 6.45) is 5.33. The molecule has 0 aliphatic carbocycles. The standard InChI is InChI=1S/C15H14ClN5/c1-10-5-15(19-14-4-3-12(16)6-13(10)14)20-17-7-11-8-18-21(2)9-11/h3-9H,1-2H3,(H,19,20)/b17-7+. The molecule has 0 unspecified atom stereocenters. The molecule has 5 nitrogen and oxygen atoms in total. The van der Waals surface area contributed by atoms with Gasteiger partial charge in [-0.3, -0.25) is 10.1 Å². The maximum Gasteiger partial charge on any atom is 0.147 e. The fourth-order valence-electron chi connectivity index (χ4n) is 2.10. The van der Waals surface area contributed by atoms with Gasteiger partial charge in [-0.2, -0.15) is 10.2 Å². The minimum Gasteiger partial charge on any atom is -0.275 e. The lowest BCUT2D eigenvalue weighted by atomic mass is 10.1. The molecule has 0 aliphatic rings. The van der Waals surface area contributed by atoms with E-state index in [-0.39, 0.29) is 0 Å². The molecular weight excluding hydrogens is 286 g/mol. The number of hydrogen-bond donors (Lipinski definition) is 1. The van der Waals surface area contributed by atoms with Crippen LogP contribution in [0.2, 0.25) is 5.02 Å². The van der Waals surface area contributed by atoms with Gasteiger partial charge in [-0.1, -0.05) is 11.6 Å². The fourth-order valence-corrected chi connectivity index (χ4v) is 2.28.